The van der Waals surface area contributed by atoms with Crippen molar-refractivity contribution in [3.63, 3.8) is 0 Å². The molecule has 0 fully saturated rings. The van der Waals surface area contributed by atoms with Crippen LogP contribution in [-0.2, 0) is 13.5 Å². The molecule has 0 amide bonds. The van der Waals surface area contributed by atoms with Crippen LogP contribution < -0.4 is 0 Å². The standard InChI is InChI=1S/C5H7Br2N3/c1-10-8-4(2-3-6)5(7)9-10/h2-3H2,1H3. The van der Waals surface area contributed by atoms with Crippen molar-refractivity contribution in [2.24, 2.45) is 7.05 Å². The van der Waals surface area contributed by atoms with Crippen molar-refractivity contribution in [1.29, 1.82) is 0 Å². The normalized spacial score (nSPS) is 10.3. The number of halogens is 2. The first-order chi connectivity index (χ1) is 4.74. The Hall–Kier alpha value is 0.1000. The van der Waals surface area contributed by atoms with Crippen LogP contribution in [0.2, 0.25) is 0 Å². The molecule has 0 aliphatic rings. The van der Waals surface area contributed by atoms with Gasteiger partial charge in [-0.25, -0.2) is 0 Å². The van der Waals surface area contributed by atoms with Gasteiger partial charge >= 0.3 is 0 Å². The molecule has 5 heteroatoms. The Morgan fingerprint density at radius 3 is 2.60 bits per heavy atom. The molecule has 1 aromatic rings. The second-order valence-corrected chi connectivity index (χ2v) is 3.41. The van der Waals surface area contributed by atoms with Gasteiger partial charge in [0.1, 0.15) is 0 Å². The minimum absolute atomic E-state index is 0.842. The van der Waals surface area contributed by atoms with Gasteiger partial charge in [0.25, 0.3) is 0 Å². The van der Waals surface area contributed by atoms with E-state index in [0.717, 1.165) is 22.0 Å². The molecule has 0 aliphatic heterocycles. The van der Waals surface area contributed by atoms with Crippen molar-refractivity contribution in [2.45, 2.75) is 6.42 Å². The monoisotopic (exact) mass is 267 g/mol. The molecule has 3 nitrogen and oxygen atoms in total. The third-order valence-corrected chi connectivity index (χ3v) is 2.08. The number of hydrogen-bond acceptors (Lipinski definition) is 2. The summed E-state index contributed by atoms with van der Waals surface area (Å²) in [6, 6.07) is 0. The van der Waals surface area contributed by atoms with Crippen molar-refractivity contribution in [1.82, 2.24) is 15.0 Å². The second-order valence-electron chi connectivity index (χ2n) is 1.87. The molecule has 0 spiro atoms. The molecule has 1 aromatic heterocycles. The Bertz CT molecular complexity index is 221. The highest BCUT2D eigenvalue weighted by Crippen LogP contribution is 2.11. The van der Waals surface area contributed by atoms with Crippen LogP contribution in [0.3, 0.4) is 0 Å². The fourth-order valence-corrected chi connectivity index (χ4v) is 1.55. The summed E-state index contributed by atoms with van der Waals surface area (Å²) in [5.74, 6) is 0. The van der Waals surface area contributed by atoms with Crippen molar-refractivity contribution in [3.8, 4) is 0 Å². The molecular formula is C5H7Br2N3. The first-order valence-corrected chi connectivity index (χ1v) is 4.77. The summed E-state index contributed by atoms with van der Waals surface area (Å²) in [6.45, 7) is 0. The molecule has 0 bridgehead atoms. The van der Waals surface area contributed by atoms with Gasteiger partial charge in [0.2, 0.25) is 0 Å². The maximum absolute atomic E-state index is 4.13. The number of nitrogens with zero attached hydrogens (tertiary/aromatic N) is 3. The molecule has 1 heterocycles. The third-order valence-electron chi connectivity index (χ3n) is 1.07. The SMILES string of the molecule is Cn1nc(Br)c(CCBr)n1. The Labute approximate surface area is 76.1 Å². The number of aryl methyl sites for hydroxylation is 2. The van der Waals surface area contributed by atoms with E-state index < -0.39 is 0 Å². The van der Waals surface area contributed by atoms with Gasteiger partial charge in [0, 0.05) is 18.8 Å². The lowest BCUT2D eigenvalue weighted by atomic mass is 10.4. The Kier molecular flexibility index (Phi) is 2.85. The summed E-state index contributed by atoms with van der Waals surface area (Å²) in [7, 11) is 1.81. The van der Waals surface area contributed by atoms with Crippen LogP contribution >= 0.6 is 31.9 Å². The molecule has 0 aromatic carbocycles. The fourth-order valence-electron chi connectivity index (χ4n) is 0.666. The first kappa shape index (κ1) is 8.20. The maximum Gasteiger partial charge on any atom is 0.151 e. The zero-order valence-corrected chi connectivity index (χ0v) is 8.68. The summed E-state index contributed by atoms with van der Waals surface area (Å²) in [5.41, 5.74) is 0.999. The highest BCUT2D eigenvalue weighted by molar-refractivity contribution is 9.10. The van der Waals surface area contributed by atoms with Gasteiger partial charge in [-0.05, 0) is 15.9 Å². The maximum atomic E-state index is 4.13. The van der Waals surface area contributed by atoms with Gasteiger partial charge in [-0.3, -0.25) is 0 Å². The lowest BCUT2D eigenvalue weighted by molar-refractivity contribution is 0.644. The van der Waals surface area contributed by atoms with Gasteiger partial charge in [0.15, 0.2) is 4.60 Å². The van der Waals surface area contributed by atoms with Crippen molar-refractivity contribution >= 4 is 31.9 Å². The second kappa shape index (κ2) is 3.48. The van der Waals surface area contributed by atoms with E-state index in [1.54, 1.807) is 4.80 Å². The Morgan fingerprint density at radius 2 is 2.20 bits per heavy atom. The van der Waals surface area contributed by atoms with E-state index in [9.17, 15) is 0 Å². The molecule has 0 saturated heterocycles. The third kappa shape index (κ3) is 1.79. The van der Waals surface area contributed by atoms with Gasteiger partial charge in [-0.2, -0.15) is 9.90 Å². The molecule has 0 N–H and O–H groups in total. The predicted octanol–water partition coefficient (Wildman–Crippen LogP) is 1.51. The molecule has 56 valence electrons. The van der Waals surface area contributed by atoms with Gasteiger partial charge in [-0.1, -0.05) is 15.9 Å². The number of rotatable bonds is 2. The molecule has 0 saturated carbocycles. The molecule has 0 atom stereocenters. The number of aromatic nitrogens is 3. The predicted molar refractivity (Wildman–Crippen MR) is 46.2 cm³/mol. The minimum atomic E-state index is 0.842. The molecule has 10 heavy (non-hydrogen) atoms. The van der Waals surface area contributed by atoms with E-state index in [1.807, 2.05) is 7.05 Å². The van der Waals surface area contributed by atoms with E-state index in [-0.39, 0.29) is 0 Å². The highest BCUT2D eigenvalue weighted by Gasteiger charge is 2.03. The number of alkyl halides is 1. The molecule has 1 rings (SSSR count). The van der Waals surface area contributed by atoms with E-state index in [1.165, 1.54) is 0 Å². The Balaban J connectivity index is 2.81. The van der Waals surface area contributed by atoms with Gasteiger partial charge in [-0.15, -0.1) is 5.10 Å². The summed E-state index contributed by atoms with van der Waals surface area (Å²) < 4.78 is 0.842. The topological polar surface area (TPSA) is 30.7 Å². The first-order valence-electron chi connectivity index (χ1n) is 2.85. The average molecular weight is 269 g/mol. The van der Waals surface area contributed by atoms with Crippen LogP contribution in [0, 0.1) is 0 Å². The largest absolute Gasteiger partial charge is 0.187 e. The summed E-state index contributed by atoms with van der Waals surface area (Å²) >= 11 is 6.63. The lowest BCUT2D eigenvalue weighted by Crippen LogP contribution is -1.93. The van der Waals surface area contributed by atoms with E-state index in [4.69, 9.17) is 0 Å². The van der Waals surface area contributed by atoms with Crippen molar-refractivity contribution in [2.75, 3.05) is 5.33 Å². The zero-order chi connectivity index (χ0) is 7.56. The fraction of sp³-hybridized carbons (Fsp3) is 0.600. The van der Waals surface area contributed by atoms with Crippen LogP contribution in [0.4, 0.5) is 0 Å². The summed E-state index contributed by atoms with van der Waals surface area (Å²) in [4.78, 5) is 1.56. The van der Waals surface area contributed by atoms with Gasteiger partial charge in [0.05, 0.1) is 5.69 Å². The summed E-state index contributed by atoms with van der Waals surface area (Å²) in [5, 5.41) is 9.08. The number of hydrogen-bond donors (Lipinski definition) is 0. The van der Waals surface area contributed by atoms with Crippen LogP contribution in [0.1, 0.15) is 5.69 Å². The van der Waals surface area contributed by atoms with Crippen LogP contribution in [0.5, 0.6) is 0 Å². The highest BCUT2D eigenvalue weighted by atomic mass is 79.9. The molecular weight excluding hydrogens is 262 g/mol. The van der Waals surface area contributed by atoms with Crippen LogP contribution in [0.25, 0.3) is 0 Å². The van der Waals surface area contributed by atoms with Crippen LogP contribution in [-0.4, -0.2) is 20.3 Å². The Morgan fingerprint density at radius 1 is 1.50 bits per heavy atom. The minimum Gasteiger partial charge on any atom is -0.187 e. The van der Waals surface area contributed by atoms with E-state index >= 15 is 0 Å². The molecule has 0 unspecified atom stereocenters. The smallest absolute Gasteiger partial charge is 0.151 e. The van der Waals surface area contributed by atoms with E-state index in [2.05, 4.69) is 42.1 Å². The summed E-state index contributed by atoms with van der Waals surface area (Å²) in [6.07, 6.45) is 0.911. The van der Waals surface area contributed by atoms with Crippen molar-refractivity contribution in [3.05, 3.63) is 10.3 Å². The van der Waals surface area contributed by atoms with E-state index in [0.29, 0.717) is 0 Å². The molecule has 0 aliphatic carbocycles. The van der Waals surface area contributed by atoms with Crippen LogP contribution in [0.15, 0.2) is 4.60 Å². The average Bonchev–Trinajstić information content (AvgIpc) is 2.13. The lowest BCUT2D eigenvalue weighted by Gasteiger charge is -1.86. The quantitative estimate of drug-likeness (QED) is 0.762. The van der Waals surface area contributed by atoms with Crippen molar-refractivity contribution < 1.29 is 0 Å². The molecule has 0 radical (unpaired) electrons. The van der Waals surface area contributed by atoms with Gasteiger partial charge < -0.3 is 0 Å². The zero-order valence-electron chi connectivity index (χ0n) is 5.51.